The summed E-state index contributed by atoms with van der Waals surface area (Å²) in [6, 6.07) is 15.5. The number of aromatic nitrogens is 3. The van der Waals surface area contributed by atoms with Gasteiger partial charge in [-0.2, -0.15) is 0 Å². The average molecular weight is 411 g/mol. The molecule has 0 radical (unpaired) electrons. The predicted molar refractivity (Wildman–Crippen MR) is 114 cm³/mol. The van der Waals surface area contributed by atoms with Crippen molar-refractivity contribution >= 4 is 50.6 Å². The van der Waals surface area contributed by atoms with Gasteiger partial charge in [-0.15, -0.1) is 10.2 Å². The molecule has 2 aromatic heterocycles. The minimum atomic E-state index is 0.0810. The molecular formula is C20H18N4O2S2. The number of fused-ring (bicyclic) bond motifs is 1. The van der Waals surface area contributed by atoms with Gasteiger partial charge in [0, 0.05) is 33.9 Å². The average Bonchev–Trinajstić information content (AvgIpc) is 3.29. The second-order valence-electron chi connectivity index (χ2n) is 6.11. The van der Waals surface area contributed by atoms with Gasteiger partial charge >= 0.3 is 0 Å². The summed E-state index contributed by atoms with van der Waals surface area (Å²) in [6.07, 6.45) is 0. The van der Waals surface area contributed by atoms with Gasteiger partial charge < -0.3 is 15.0 Å². The SMILES string of the molecule is COc1cccc(Nc2nnc(SCC(=O)c3c(C)[nH]c4ccccc34)s2)c1. The van der Waals surface area contributed by atoms with E-state index in [4.69, 9.17) is 4.74 Å². The minimum absolute atomic E-state index is 0.0810. The maximum Gasteiger partial charge on any atom is 0.210 e. The van der Waals surface area contributed by atoms with Crippen molar-refractivity contribution < 1.29 is 9.53 Å². The molecule has 0 aliphatic carbocycles. The lowest BCUT2D eigenvalue weighted by Crippen LogP contribution is -2.03. The van der Waals surface area contributed by atoms with Gasteiger partial charge in [0.1, 0.15) is 5.75 Å². The number of para-hydroxylation sites is 1. The number of thioether (sulfide) groups is 1. The van der Waals surface area contributed by atoms with Gasteiger partial charge in [0.25, 0.3) is 0 Å². The highest BCUT2D eigenvalue weighted by molar-refractivity contribution is 8.01. The number of benzene rings is 2. The van der Waals surface area contributed by atoms with E-state index in [9.17, 15) is 4.79 Å². The van der Waals surface area contributed by atoms with Crippen molar-refractivity contribution in [2.24, 2.45) is 0 Å². The molecule has 0 saturated carbocycles. The molecule has 0 saturated heterocycles. The highest BCUT2D eigenvalue weighted by Crippen LogP contribution is 2.30. The van der Waals surface area contributed by atoms with E-state index in [-0.39, 0.29) is 5.78 Å². The molecule has 0 spiro atoms. The molecule has 0 aliphatic rings. The van der Waals surface area contributed by atoms with Crippen LogP contribution in [0.25, 0.3) is 10.9 Å². The number of hydrogen-bond acceptors (Lipinski definition) is 7. The molecule has 0 unspecified atom stereocenters. The third kappa shape index (κ3) is 3.88. The van der Waals surface area contributed by atoms with Crippen molar-refractivity contribution in [3.63, 3.8) is 0 Å². The Balaban J connectivity index is 1.43. The molecular weight excluding hydrogens is 392 g/mol. The van der Waals surface area contributed by atoms with Crippen LogP contribution in [-0.4, -0.2) is 33.8 Å². The third-order valence-electron chi connectivity index (χ3n) is 4.23. The topological polar surface area (TPSA) is 79.9 Å². The quantitative estimate of drug-likeness (QED) is 0.328. The number of ketones is 1. The maximum atomic E-state index is 12.8. The first kappa shape index (κ1) is 18.5. The van der Waals surface area contributed by atoms with Gasteiger partial charge in [0.05, 0.1) is 12.9 Å². The Morgan fingerprint density at radius 2 is 2.07 bits per heavy atom. The Labute approximate surface area is 170 Å². The van der Waals surface area contributed by atoms with Crippen LogP contribution in [0.5, 0.6) is 5.75 Å². The van der Waals surface area contributed by atoms with Gasteiger partial charge in [-0.3, -0.25) is 4.79 Å². The van der Waals surface area contributed by atoms with Crippen LogP contribution in [0, 0.1) is 6.92 Å². The number of rotatable bonds is 7. The standard InChI is InChI=1S/C20H18N4O2S2/c1-12-18(15-8-3-4-9-16(15)21-12)17(25)11-27-20-24-23-19(28-20)22-13-6-5-7-14(10-13)26-2/h3-10,21H,11H2,1-2H3,(H,22,23). The van der Waals surface area contributed by atoms with Gasteiger partial charge in [-0.05, 0) is 25.1 Å². The van der Waals surface area contributed by atoms with E-state index in [1.54, 1.807) is 7.11 Å². The highest BCUT2D eigenvalue weighted by atomic mass is 32.2. The number of H-pyrrole nitrogens is 1. The molecule has 2 N–H and O–H groups in total. The summed E-state index contributed by atoms with van der Waals surface area (Å²) in [5.74, 6) is 1.16. The number of aromatic amines is 1. The van der Waals surface area contributed by atoms with Crippen molar-refractivity contribution in [1.82, 2.24) is 15.2 Å². The lowest BCUT2D eigenvalue weighted by molar-refractivity contribution is 0.102. The number of aryl methyl sites for hydroxylation is 1. The molecule has 0 amide bonds. The lowest BCUT2D eigenvalue weighted by Gasteiger charge is -2.04. The summed E-state index contributed by atoms with van der Waals surface area (Å²) >= 11 is 2.82. The number of hydrogen-bond donors (Lipinski definition) is 2. The zero-order valence-corrected chi connectivity index (χ0v) is 17.0. The van der Waals surface area contributed by atoms with Crippen LogP contribution in [0.3, 0.4) is 0 Å². The van der Waals surface area contributed by atoms with Gasteiger partial charge in [0.2, 0.25) is 5.13 Å². The van der Waals surface area contributed by atoms with Crippen LogP contribution in [0.15, 0.2) is 52.9 Å². The minimum Gasteiger partial charge on any atom is -0.497 e. The Kier molecular flexibility index (Phi) is 5.31. The van der Waals surface area contributed by atoms with E-state index in [0.717, 1.165) is 37.9 Å². The summed E-state index contributed by atoms with van der Waals surface area (Å²) in [5, 5.41) is 13.2. The highest BCUT2D eigenvalue weighted by Gasteiger charge is 2.17. The Bertz CT molecular complexity index is 1140. The third-order valence-corrected chi connectivity index (χ3v) is 6.20. The van der Waals surface area contributed by atoms with Gasteiger partial charge in [-0.25, -0.2) is 0 Å². The number of nitrogens with zero attached hydrogens (tertiary/aromatic N) is 2. The molecule has 0 bridgehead atoms. The lowest BCUT2D eigenvalue weighted by atomic mass is 10.1. The maximum absolute atomic E-state index is 12.8. The van der Waals surface area contributed by atoms with Crippen LogP contribution < -0.4 is 10.1 Å². The zero-order chi connectivity index (χ0) is 19.5. The van der Waals surface area contributed by atoms with Crippen molar-refractivity contribution in [2.75, 3.05) is 18.2 Å². The largest absolute Gasteiger partial charge is 0.497 e. The number of carbonyl (C=O) groups is 1. The number of carbonyl (C=O) groups excluding carboxylic acids is 1. The fraction of sp³-hybridized carbons (Fsp3) is 0.150. The number of Topliss-reactive ketones (excluding diaryl/α,β-unsaturated/α-hetero) is 1. The van der Waals surface area contributed by atoms with E-state index < -0.39 is 0 Å². The molecule has 142 valence electrons. The van der Waals surface area contributed by atoms with Crippen molar-refractivity contribution in [3.8, 4) is 5.75 Å². The van der Waals surface area contributed by atoms with E-state index in [0.29, 0.717) is 10.9 Å². The summed E-state index contributed by atoms with van der Waals surface area (Å²) in [4.78, 5) is 16.0. The monoisotopic (exact) mass is 410 g/mol. The zero-order valence-electron chi connectivity index (χ0n) is 15.4. The van der Waals surface area contributed by atoms with Crippen LogP contribution in [-0.2, 0) is 0 Å². The Hall–Kier alpha value is -2.84. The summed E-state index contributed by atoms with van der Waals surface area (Å²) < 4.78 is 5.97. The molecule has 2 aromatic carbocycles. The van der Waals surface area contributed by atoms with Crippen LogP contribution in [0.4, 0.5) is 10.8 Å². The summed E-state index contributed by atoms with van der Waals surface area (Å²) in [6.45, 7) is 1.93. The molecule has 8 heteroatoms. The van der Waals surface area contributed by atoms with Crippen LogP contribution >= 0.6 is 23.1 Å². The van der Waals surface area contributed by atoms with Crippen molar-refractivity contribution in [3.05, 3.63) is 59.8 Å². The van der Waals surface area contributed by atoms with Crippen LogP contribution in [0.2, 0.25) is 0 Å². The van der Waals surface area contributed by atoms with Crippen molar-refractivity contribution in [1.29, 1.82) is 0 Å². The van der Waals surface area contributed by atoms with Gasteiger partial charge in [-0.1, -0.05) is 47.4 Å². The number of nitrogens with one attached hydrogen (secondary N) is 2. The number of ether oxygens (including phenoxy) is 1. The second kappa shape index (κ2) is 8.04. The Morgan fingerprint density at radius 1 is 1.21 bits per heavy atom. The first-order chi connectivity index (χ1) is 13.6. The molecule has 4 aromatic rings. The second-order valence-corrected chi connectivity index (χ2v) is 8.31. The first-order valence-electron chi connectivity index (χ1n) is 8.62. The normalized spacial score (nSPS) is 10.9. The molecule has 0 fully saturated rings. The molecule has 6 nitrogen and oxygen atoms in total. The first-order valence-corrected chi connectivity index (χ1v) is 10.4. The number of methoxy groups -OCH3 is 1. The Morgan fingerprint density at radius 3 is 2.93 bits per heavy atom. The van der Waals surface area contributed by atoms with Gasteiger partial charge in [0.15, 0.2) is 10.1 Å². The fourth-order valence-corrected chi connectivity index (χ4v) is 4.62. The smallest absolute Gasteiger partial charge is 0.210 e. The molecule has 0 atom stereocenters. The van der Waals surface area contributed by atoms with E-state index in [1.165, 1.54) is 23.1 Å². The van der Waals surface area contributed by atoms with Crippen LogP contribution in [0.1, 0.15) is 16.1 Å². The molecule has 4 rings (SSSR count). The predicted octanol–water partition coefficient (Wildman–Crippen LogP) is 5.06. The molecule has 28 heavy (non-hydrogen) atoms. The number of anilines is 2. The van der Waals surface area contributed by atoms with Crippen molar-refractivity contribution in [2.45, 2.75) is 11.3 Å². The molecule has 0 aliphatic heterocycles. The summed E-state index contributed by atoms with van der Waals surface area (Å²) in [7, 11) is 1.63. The van der Waals surface area contributed by atoms with E-state index in [1.807, 2.05) is 55.5 Å². The summed E-state index contributed by atoms with van der Waals surface area (Å²) in [5.41, 5.74) is 3.50. The van der Waals surface area contributed by atoms with E-state index >= 15 is 0 Å². The fourth-order valence-electron chi connectivity index (χ4n) is 2.98. The molecule has 2 heterocycles. The van der Waals surface area contributed by atoms with E-state index in [2.05, 4.69) is 20.5 Å².